The molecule has 2 aliphatic carbocycles. The Morgan fingerprint density at radius 3 is 2.33 bits per heavy atom. The minimum Gasteiger partial charge on any atom is -0.512 e. The second-order valence-corrected chi connectivity index (χ2v) is 2.08. The monoisotopic (exact) mass is 82.0 g/mol. The van der Waals surface area contributed by atoms with Crippen molar-refractivity contribution in [1.29, 1.82) is 0 Å². The van der Waals surface area contributed by atoms with E-state index in [9.17, 15) is 0 Å². The predicted molar refractivity (Wildman–Crippen MR) is 22.4 cm³/mol. The third-order valence-corrected chi connectivity index (χ3v) is 1.61. The molecular weight excluding hydrogens is 76.1 g/mol. The Morgan fingerprint density at radius 2 is 2.33 bits per heavy atom. The number of aliphatic hydroxyl groups is 1. The van der Waals surface area contributed by atoms with E-state index in [4.69, 9.17) is 5.11 Å². The van der Waals surface area contributed by atoms with Crippen molar-refractivity contribution in [3.63, 3.8) is 0 Å². The van der Waals surface area contributed by atoms with Crippen molar-refractivity contribution >= 4 is 0 Å². The van der Waals surface area contributed by atoms with Gasteiger partial charge in [0.2, 0.25) is 0 Å². The van der Waals surface area contributed by atoms with Crippen LogP contribution in [0.25, 0.3) is 0 Å². The molecule has 2 rings (SSSR count). The summed E-state index contributed by atoms with van der Waals surface area (Å²) in [6.45, 7) is 0. The highest BCUT2D eigenvalue weighted by Gasteiger charge is 2.42. The average Bonchev–Trinajstić information content (AvgIpc) is 2.12. The summed E-state index contributed by atoms with van der Waals surface area (Å²) in [5, 5.41) is 8.64. The maximum absolute atomic E-state index is 8.64. The zero-order valence-corrected chi connectivity index (χ0v) is 3.44. The molecule has 1 heteroatoms. The highest BCUT2D eigenvalue weighted by Crippen LogP contribution is 2.53. The highest BCUT2D eigenvalue weighted by atomic mass is 16.3. The molecule has 1 atom stereocenters. The maximum Gasteiger partial charge on any atom is 0.0923 e. The fourth-order valence-corrected chi connectivity index (χ4v) is 0.989. The van der Waals surface area contributed by atoms with E-state index in [1.54, 1.807) is 0 Å². The van der Waals surface area contributed by atoms with Crippen molar-refractivity contribution in [3.05, 3.63) is 11.3 Å². The molecule has 1 saturated carbocycles. The van der Waals surface area contributed by atoms with Crippen LogP contribution in [-0.2, 0) is 0 Å². The fraction of sp³-hybridized carbons (Fsp3) is 0.600. The SMILES string of the molecule is OC1=C2C[C@@H]2C1. The van der Waals surface area contributed by atoms with Crippen LogP contribution in [0.15, 0.2) is 11.3 Å². The third-order valence-electron chi connectivity index (χ3n) is 1.61. The van der Waals surface area contributed by atoms with E-state index in [0.29, 0.717) is 5.76 Å². The lowest BCUT2D eigenvalue weighted by molar-refractivity contribution is 0.359. The van der Waals surface area contributed by atoms with Crippen LogP contribution < -0.4 is 0 Å². The van der Waals surface area contributed by atoms with Crippen molar-refractivity contribution < 1.29 is 5.11 Å². The average molecular weight is 82.1 g/mol. The van der Waals surface area contributed by atoms with Crippen LogP contribution in [0.2, 0.25) is 0 Å². The van der Waals surface area contributed by atoms with Crippen molar-refractivity contribution in [2.24, 2.45) is 5.92 Å². The van der Waals surface area contributed by atoms with E-state index in [-0.39, 0.29) is 0 Å². The van der Waals surface area contributed by atoms with Gasteiger partial charge in [0.25, 0.3) is 0 Å². The van der Waals surface area contributed by atoms with Crippen LogP contribution in [-0.4, -0.2) is 5.11 Å². The first kappa shape index (κ1) is 2.67. The molecule has 1 fully saturated rings. The molecule has 0 aromatic rings. The summed E-state index contributed by atoms with van der Waals surface area (Å²) in [6.07, 6.45) is 2.18. The van der Waals surface area contributed by atoms with E-state index in [0.717, 1.165) is 12.3 Å². The van der Waals surface area contributed by atoms with Crippen LogP contribution in [0.1, 0.15) is 12.8 Å². The number of hydrogen-bond acceptors (Lipinski definition) is 1. The molecule has 0 aliphatic heterocycles. The summed E-state index contributed by atoms with van der Waals surface area (Å²) < 4.78 is 0. The molecule has 6 heavy (non-hydrogen) atoms. The van der Waals surface area contributed by atoms with Gasteiger partial charge in [-0.1, -0.05) is 0 Å². The molecule has 0 spiro atoms. The van der Waals surface area contributed by atoms with Crippen molar-refractivity contribution in [1.82, 2.24) is 0 Å². The molecule has 32 valence electrons. The van der Waals surface area contributed by atoms with E-state index in [2.05, 4.69) is 0 Å². The summed E-state index contributed by atoms with van der Waals surface area (Å²) in [5.74, 6) is 1.52. The first-order valence-electron chi connectivity index (χ1n) is 2.29. The minimum absolute atomic E-state index is 0.681. The van der Waals surface area contributed by atoms with Crippen molar-refractivity contribution in [2.45, 2.75) is 12.8 Å². The molecule has 1 nitrogen and oxygen atoms in total. The highest BCUT2D eigenvalue weighted by molar-refractivity contribution is 5.37. The van der Waals surface area contributed by atoms with Gasteiger partial charge in [0.15, 0.2) is 0 Å². The van der Waals surface area contributed by atoms with Gasteiger partial charge in [-0.3, -0.25) is 0 Å². The summed E-state index contributed by atoms with van der Waals surface area (Å²) >= 11 is 0. The van der Waals surface area contributed by atoms with E-state index >= 15 is 0 Å². The van der Waals surface area contributed by atoms with Gasteiger partial charge in [-0.15, -0.1) is 0 Å². The summed E-state index contributed by atoms with van der Waals surface area (Å²) in [5.41, 5.74) is 1.33. The number of allylic oxidation sites excluding steroid dienone is 2. The Kier molecular flexibility index (Phi) is 0.228. The van der Waals surface area contributed by atoms with E-state index < -0.39 is 0 Å². The van der Waals surface area contributed by atoms with Gasteiger partial charge in [0, 0.05) is 6.42 Å². The van der Waals surface area contributed by atoms with Crippen LogP contribution in [0, 0.1) is 5.92 Å². The lowest BCUT2D eigenvalue weighted by Crippen LogP contribution is -1.92. The topological polar surface area (TPSA) is 20.2 Å². The molecule has 1 N–H and O–H groups in total. The first-order valence-corrected chi connectivity index (χ1v) is 2.29. The van der Waals surface area contributed by atoms with Gasteiger partial charge in [-0.05, 0) is 17.9 Å². The molecule has 0 saturated heterocycles. The second-order valence-electron chi connectivity index (χ2n) is 2.08. The van der Waals surface area contributed by atoms with Crippen LogP contribution in [0.5, 0.6) is 0 Å². The quantitative estimate of drug-likeness (QED) is 0.466. The number of aliphatic hydroxyl groups excluding tert-OH is 1. The summed E-state index contributed by atoms with van der Waals surface area (Å²) in [7, 11) is 0. The molecule has 0 aromatic heterocycles. The van der Waals surface area contributed by atoms with Crippen molar-refractivity contribution in [3.8, 4) is 0 Å². The van der Waals surface area contributed by atoms with Gasteiger partial charge in [-0.25, -0.2) is 0 Å². The molecule has 0 amide bonds. The smallest absolute Gasteiger partial charge is 0.0923 e. The fourth-order valence-electron chi connectivity index (χ4n) is 0.989. The Balaban J connectivity index is 2.47. The standard InChI is InChI=1S/C5H6O/c6-5-2-3-1-4(3)5/h3,6H,1-2H2/t3-/m1/s1. The van der Waals surface area contributed by atoms with Gasteiger partial charge in [0.1, 0.15) is 0 Å². The van der Waals surface area contributed by atoms with Crippen LogP contribution in [0.4, 0.5) is 0 Å². The van der Waals surface area contributed by atoms with E-state index in [1.165, 1.54) is 12.0 Å². The van der Waals surface area contributed by atoms with E-state index in [1.807, 2.05) is 0 Å². The molecular formula is C5H6O. The van der Waals surface area contributed by atoms with Gasteiger partial charge in [0.05, 0.1) is 5.76 Å². The number of rotatable bonds is 0. The number of fused-ring (bicyclic) bond motifs is 1. The third kappa shape index (κ3) is 0.125. The predicted octanol–water partition coefficient (Wildman–Crippen LogP) is 1.22. The summed E-state index contributed by atoms with van der Waals surface area (Å²) in [6, 6.07) is 0. The van der Waals surface area contributed by atoms with Crippen molar-refractivity contribution in [2.75, 3.05) is 0 Å². The molecule has 0 aromatic carbocycles. The maximum atomic E-state index is 8.64. The van der Waals surface area contributed by atoms with Gasteiger partial charge < -0.3 is 5.11 Å². The second kappa shape index (κ2) is 0.512. The lowest BCUT2D eigenvalue weighted by atomic mass is 10.1. The van der Waals surface area contributed by atoms with Gasteiger partial charge in [-0.2, -0.15) is 0 Å². The largest absolute Gasteiger partial charge is 0.512 e. The Labute approximate surface area is 36.3 Å². The minimum atomic E-state index is 0.681. The molecule has 0 radical (unpaired) electrons. The molecule has 0 bridgehead atoms. The Bertz CT molecular complexity index is 124. The first-order chi connectivity index (χ1) is 2.88. The zero-order valence-electron chi connectivity index (χ0n) is 3.44. The van der Waals surface area contributed by atoms with Crippen LogP contribution >= 0.6 is 0 Å². The zero-order chi connectivity index (χ0) is 4.15. The molecule has 2 aliphatic rings. The van der Waals surface area contributed by atoms with Gasteiger partial charge >= 0.3 is 0 Å². The Hall–Kier alpha value is -0.460. The normalized spacial score (nSPS) is 38.3. The Morgan fingerprint density at radius 1 is 1.50 bits per heavy atom. The number of hydrogen-bond donors (Lipinski definition) is 1. The summed E-state index contributed by atoms with van der Waals surface area (Å²) in [4.78, 5) is 0. The molecule has 0 heterocycles. The molecule has 0 unspecified atom stereocenters. The lowest BCUT2D eigenvalue weighted by Gasteiger charge is -2.02. The van der Waals surface area contributed by atoms with Crippen LogP contribution in [0.3, 0.4) is 0 Å².